The summed E-state index contributed by atoms with van der Waals surface area (Å²) in [5.41, 5.74) is 1.82. The zero-order valence-corrected chi connectivity index (χ0v) is 16.9. The number of nitrogens with zero attached hydrogens (tertiary/aromatic N) is 1. The van der Waals surface area contributed by atoms with Crippen molar-refractivity contribution < 1.29 is 24.1 Å². The van der Waals surface area contributed by atoms with Crippen LogP contribution in [0.1, 0.15) is 39.3 Å². The van der Waals surface area contributed by atoms with E-state index in [1.54, 1.807) is 6.20 Å². The molecule has 5 unspecified atom stereocenters. The quantitative estimate of drug-likeness (QED) is 0.716. The summed E-state index contributed by atoms with van der Waals surface area (Å²) in [7, 11) is 1.87. The van der Waals surface area contributed by atoms with Crippen molar-refractivity contribution in [2.45, 2.75) is 69.7 Å². The van der Waals surface area contributed by atoms with E-state index in [2.05, 4.69) is 15.3 Å². The predicted octanol–water partition coefficient (Wildman–Crippen LogP) is 1.86. The molecular weight excluding hydrogens is 362 g/mol. The minimum absolute atomic E-state index is 0.213. The molecule has 5 atom stereocenters. The smallest absolute Gasteiger partial charge is 0.163 e. The molecule has 0 aliphatic carbocycles. The normalized spacial score (nSPS) is 31.3. The number of pyridine rings is 1. The lowest BCUT2D eigenvalue weighted by Gasteiger charge is -2.30. The maximum absolute atomic E-state index is 11.1. The van der Waals surface area contributed by atoms with E-state index in [1.165, 1.54) is 0 Å². The van der Waals surface area contributed by atoms with E-state index < -0.39 is 36.0 Å². The zero-order chi connectivity index (χ0) is 20.1. The highest BCUT2D eigenvalue weighted by Gasteiger charge is 2.52. The summed E-state index contributed by atoms with van der Waals surface area (Å²) in [5, 5.41) is 15.4. The second-order valence-corrected chi connectivity index (χ2v) is 8.33. The fourth-order valence-electron chi connectivity index (χ4n) is 4.17. The number of fused-ring (bicyclic) bond motifs is 1. The molecule has 4 heterocycles. The van der Waals surface area contributed by atoms with Crippen LogP contribution in [-0.4, -0.2) is 64.7 Å². The Hall–Kier alpha value is -1.55. The van der Waals surface area contributed by atoms with Gasteiger partial charge >= 0.3 is 0 Å². The Morgan fingerprint density at radius 1 is 1.18 bits per heavy atom. The summed E-state index contributed by atoms with van der Waals surface area (Å²) in [4.78, 5) is 7.57. The molecule has 0 spiro atoms. The third kappa shape index (κ3) is 3.56. The van der Waals surface area contributed by atoms with Crippen LogP contribution in [0.5, 0.6) is 0 Å². The third-order valence-electron chi connectivity index (χ3n) is 5.37. The molecule has 8 heteroatoms. The van der Waals surface area contributed by atoms with Crippen LogP contribution in [0.25, 0.3) is 11.0 Å². The number of aliphatic hydroxyl groups excluding tert-OH is 1. The molecular formula is C20H29N3O5. The van der Waals surface area contributed by atoms with Gasteiger partial charge in [-0.25, -0.2) is 4.98 Å². The number of likely N-dealkylation sites (N-methyl/N-ethyl adjacent to an activating group) is 1. The fourth-order valence-corrected chi connectivity index (χ4v) is 4.17. The summed E-state index contributed by atoms with van der Waals surface area (Å²) in [6.07, 6.45) is 1.28. The number of hydrogen-bond donors (Lipinski definition) is 3. The average molecular weight is 391 g/mol. The minimum Gasteiger partial charge on any atom is -0.387 e. The van der Waals surface area contributed by atoms with Gasteiger partial charge in [0, 0.05) is 17.8 Å². The Bertz CT molecular complexity index is 836. The fraction of sp³-hybridized carbons (Fsp3) is 0.650. The molecule has 2 aliphatic rings. The second-order valence-electron chi connectivity index (χ2n) is 8.33. The SMILES string of the molecule is CNC(c1c[nH]c2ncccc12)C1OC(C)(C)OC1C(O)C1COC(C)(C)O1. The number of aromatic nitrogens is 2. The number of aromatic amines is 1. The van der Waals surface area contributed by atoms with E-state index in [4.69, 9.17) is 18.9 Å². The second kappa shape index (κ2) is 7.05. The summed E-state index contributed by atoms with van der Waals surface area (Å²) in [6, 6.07) is 3.71. The van der Waals surface area contributed by atoms with Crippen molar-refractivity contribution >= 4 is 11.0 Å². The van der Waals surface area contributed by atoms with Gasteiger partial charge in [-0.3, -0.25) is 0 Å². The molecule has 0 bridgehead atoms. The number of ether oxygens (including phenoxy) is 4. The Labute approximate surface area is 164 Å². The standard InChI is InChI=1S/C20H29N3O5/c1-19(2)25-10-13(26-19)15(24)17-16(27-20(3,4)28-17)14(21-5)12-9-23-18-11(12)7-6-8-22-18/h6-9,13-17,21,24H,10H2,1-5H3,(H,22,23). The van der Waals surface area contributed by atoms with Crippen molar-refractivity contribution in [2.75, 3.05) is 13.7 Å². The molecule has 0 saturated carbocycles. The molecule has 2 aliphatic heterocycles. The highest BCUT2D eigenvalue weighted by Crippen LogP contribution is 2.40. The van der Waals surface area contributed by atoms with Crippen molar-refractivity contribution in [1.29, 1.82) is 0 Å². The Balaban J connectivity index is 1.65. The number of nitrogens with one attached hydrogen (secondary N) is 2. The number of aliphatic hydroxyl groups is 1. The highest BCUT2D eigenvalue weighted by molar-refractivity contribution is 5.80. The van der Waals surface area contributed by atoms with Crippen molar-refractivity contribution in [1.82, 2.24) is 15.3 Å². The molecule has 8 nitrogen and oxygen atoms in total. The van der Waals surface area contributed by atoms with Gasteiger partial charge in [-0.2, -0.15) is 0 Å². The first-order chi connectivity index (χ1) is 13.2. The van der Waals surface area contributed by atoms with Crippen LogP contribution in [0.15, 0.2) is 24.5 Å². The Kier molecular flexibility index (Phi) is 4.97. The van der Waals surface area contributed by atoms with E-state index in [1.807, 2.05) is 53.1 Å². The van der Waals surface area contributed by atoms with Gasteiger partial charge in [0.1, 0.15) is 30.1 Å². The first-order valence-electron chi connectivity index (χ1n) is 9.65. The van der Waals surface area contributed by atoms with Gasteiger partial charge in [-0.1, -0.05) is 0 Å². The molecule has 3 N–H and O–H groups in total. The summed E-state index contributed by atoms with van der Waals surface area (Å²) in [6.45, 7) is 7.69. The molecule has 0 radical (unpaired) electrons. The van der Waals surface area contributed by atoms with Gasteiger partial charge in [-0.05, 0) is 52.4 Å². The monoisotopic (exact) mass is 391 g/mol. The van der Waals surface area contributed by atoms with Crippen molar-refractivity contribution in [3.63, 3.8) is 0 Å². The lowest BCUT2D eigenvalue weighted by atomic mass is 9.93. The van der Waals surface area contributed by atoms with Crippen molar-refractivity contribution in [3.05, 3.63) is 30.1 Å². The molecule has 4 rings (SSSR count). The van der Waals surface area contributed by atoms with Gasteiger partial charge < -0.3 is 34.4 Å². The van der Waals surface area contributed by atoms with Crippen LogP contribution in [0, 0.1) is 0 Å². The van der Waals surface area contributed by atoms with E-state index in [0.717, 1.165) is 16.6 Å². The highest BCUT2D eigenvalue weighted by atomic mass is 16.8. The average Bonchev–Trinajstić information content (AvgIpc) is 3.31. The van der Waals surface area contributed by atoms with Crippen molar-refractivity contribution in [2.24, 2.45) is 0 Å². The molecule has 0 aromatic carbocycles. The molecule has 2 saturated heterocycles. The molecule has 154 valence electrons. The van der Waals surface area contributed by atoms with Gasteiger partial charge in [0.25, 0.3) is 0 Å². The number of hydrogen-bond acceptors (Lipinski definition) is 7. The summed E-state index contributed by atoms with van der Waals surface area (Å²) in [5.74, 6) is -1.55. The number of rotatable bonds is 5. The first-order valence-corrected chi connectivity index (χ1v) is 9.65. The lowest BCUT2D eigenvalue weighted by Crippen LogP contribution is -2.48. The van der Waals surface area contributed by atoms with Crippen LogP contribution in [0.2, 0.25) is 0 Å². The molecule has 28 heavy (non-hydrogen) atoms. The minimum atomic E-state index is -0.896. The zero-order valence-electron chi connectivity index (χ0n) is 16.9. The lowest BCUT2D eigenvalue weighted by molar-refractivity contribution is -0.178. The third-order valence-corrected chi connectivity index (χ3v) is 5.37. The summed E-state index contributed by atoms with van der Waals surface area (Å²) >= 11 is 0. The first kappa shape index (κ1) is 19.8. The molecule has 2 aromatic heterocycles. The van der Waals surface area contributed by atoms with Gasteiger partial charge in [0.2, 0.25) is 0 Å². The topological polar surface area (TPSA) is 97.9 Å². The van der Waals surface area contributed by atoms with Crippen LogP contribution in [0.4, 0.5) is 0 Å². The van der Waals surface area contributed by atoms with Crippen LogP contribution in [-0.2, 0) is 18.9 Å². The van der Waals surface area contributed by atoms with Gasteiger partial charge in [0.15, 0.2) is 11.6 Å². The maximum atomic E-state index is 11.1. The van der Waals surface area contributed by atoms with Crippen molar-refractivity contribution in [3.8, 4) is 0 Å². The van der Waals surface area contributed by atoms with Crippen LogP contribution >= 0.6 is 0 Å². The van der Waals surface area contributed by atoms with E-state index >= 15 is 0 Å². The molecule has 0 amide bonds. The van der Waals surface area contributed by atoms with E-state index in [-0.39, 0.29) is 6.04 Å². The predicted molar refractivity (Wildman–Crippen MR) is 103 cm³/mol. The number of H-pyrrole nitrogens is 1. The van der Waals surface area contributed by atoms with Gasteiger partial charge in [-0.15, -0.1) is 0 Å². The molecule has 2 fully saturated rings. The molecule has 2 aromatic rings. The van der Waals surface area contributed by atoms with E-state index in [0.29, 0.717) is 6.61 Å². The Morgan fingerprint density at radius 2 is 1.93 bits per heavy atom. The van der Waals surface area contributed by atoms with Crippen LogP contribution < -0.4 is 5.32 Å². The Morgan fingerprint density at radius 3 is 2.61 bits per heavy atom. The van der Waals surface area contributed by atoms with Crippen LogP contribution in [0.3, 0.4) is 0 Å². The summed E-state index contributed by atoms with van der Waals surface area (Å²) < 4.78 is 23.9. The largest absolute Gasteiger partial charge is 0.387 e. The van der Waals surface area contributed by atoms with Gasteiger partial charge in [0.05, 0.1) is 12.6 Å². The van der Waals surface area contributed by atoms with E-state index in [9.17, 15) is 5.11 Å². The maximum Gasteiger partial charge on any atom is 0.163 e.